The van der Waals surface area contributed by atoms with Crippen LogP contribution in [0.15, 0.2) is 30.3 Å². The zero-order chi connectivity index (χ0) is 12.2. The van der Waals surface area contributed by atoms with Crippen molar-refractivity contribution in [1.82, 2.24) is 0 Å². The molecule has 1 aromatic carbocycles. The van der Waals surface area contributed by atoms with Crippen LogP contribution in [0.5, 0.6) is 0 Å². The van der Waals surface area contributed by atoms with Gasteiger partial charge in [-0.25, -0.2) is 0 Å². The molecule has 3 heteroatoms. The first kappa shape index (κ1) is 13.4. The molecule has 0 aliphatic carbocycles. The minimum Gasteiger partial charge on any atom is -0.398 e. The summed E-state index contributed by atoms with van der Waals surface area (Å²) in [6.07, 6.45) is 0. The lowest BCUT2D eigenvalue weighted by molar-refractivity contribution is 0.240. The summed E-state index contributed by atoms with van der Waals surface area (Å²) in [7, 11) is 1.48. The van der Waals surface area contributed by atoms with Crippen LogP contribution in [-0.4, -0.2) is 22.8 Å². The molecule has 0 bridgehead atoms. The topological polar surface area (TPSA) is 18.5 Å². The van der Waals surface area contributed by atoms with Gasteiger partial charge in [-0.05, 0) is 17.5 Å². The van der Waals surface area contributed by atoms with Crippen molar-refractivity contribution < 1.29 is 8.85 Å². The van der Waals surface area contributed by atoms with E-state index in [2.05, 4.69) is 44.7 Å². The second-order valence-corrected chi connectivity index (χ2v) is 8.41. The zero-order valence-electron chi connectivity index (χ0n) is 10.9. The maximum absolute atomic E-state index is 5.56. The van der Waals surface area contributed by atoms with Crippen molar-refractivity contribution in [2.24, 2.45) is 0 Å². The molecule has 0 saturated heterocycles. The number of hydrogen-bond acceptors (Lipinski definition) is 2. The van der Waals surface area contributed by atoms with Crippen LogP contribution in [0.3, 0.4) is 0 Å². The van der Waals surface area contributed by atoms with E-state index in [0.29, 0.717) is 0 Å². The summed E-state index contributed by atoms with van der Waals surface area (Å²) in [5, 5.41) is 0. The molecular formula is C13H22O2Si. The van der Waals surface area contributed by atoms with Crippen LogP contribution in [0, 0.1) is 0 Å². The summed E-state index contributed by atoms with van der Waals surface area (Å²) in [6, 6.07) is 11.5. The average molecular weight is 238 g/mol. The first-order chi connectivity index (χ1) is 7.43. The molecule has 0 heterocycles. The van der Waals surface area contributed by atoms with Gasteiger partial charge in [0.1, 0.15) is 0 Å². The van der Waals surface area contributed by atoms with Crippen molar-refractivity contribution >= 4 is 8.56 Å². The molecule has 0 aliphatic heterocycles. The maximum Gasteiger partial charge on any atom is 0.335 e. The summed E-state index contributed by atoms with van der Waals surface area (Å²) in [5.74, 6) is 0. The van der Waals surface area contributed by atoms with E-state index in [0.717, 1.165) is 6.04 Å². The van der Waals surface area contributed by atoms with E-state index < -0.39 is 8.56 Å². The van der Waals surface area contributed by atoms with Gasteiger partial charge in [0, 0.05) is 20.3 Å². The van der Waals surface area contributed by atoms with Gasteiger partial charge in [0.25, 0.3) is 0 Å². The number of benzene rings is 1. The summed E-state index contributed by atoms with van der Waals surface area (Å²) in [4.78, 5) is 0. The fraction of sp³-hybridized carbons (Fsp3) is 0.538. The Morgan fingerprint density at radius 3 is 2.00 bits per heavy atom. The molecule has 0 atom stereocenters. The van der Waals surface area contributed by atoms with E-state index in [-0.39, 0.29) is 5.41 Å². The van der Waals surface area contributed by atoms with Gasteiger partial charge in [-0.3, -0.25) is 0 Å². The van der Waals surface area contributed by atoms with Crippen molar-refractivity contribution in [3.8, 4) is 0 Å². The molecule has 0 spiro atoms. The molecular weight excluding hydrogens is 216 g/mol. The van der Waals surface area contributed by atoms with Gasteiger partial charge in [-0.1, -0.05) is 44.2 Å². The van der Waals surface area contributed by atoms with Crippen LogP contribution in [0.4, 0.5) is 0 Å². The highest BCUT2D eigenvalue weighted by molar-refractivity contribution is 6.66. The normalized spacial score (nSPS) is 12.8. The van der Waals surface area contributed by atoms with Crippen LogP contribution >= 0.6 is 0 Å². The lowest BCUT2D eigenvalue weighted by atomic mass is 9.87. The van der Waals surface area contributed by atoms with Gasteiger partial charge in [-0.15, -0.1) is 0 Å². The Balaban J connectivity index is 2.87. The second-order valence-electron chi connectivity index (χ2n) is 4.97. The van der Waals surface area contributed by atoms with E-state index in [4.69, 9.17) is 8.85 Å². The molecule has 0 saturated carbocycles. The second kappa shape index (κ2) is 5.12. The van der Waals surface area contributed by atoms with Gasteiger partial charge >= 0.3 is 8.56 Å². The summed E-state index contributed by atoms with van der Waals surface area (Å²) in [6.45, 7) is 6.59. The van der Waals surface area contributed by atoms with E-state index in [1.165, 1.54) is 5.56 Å². The van der Waals surface area contributed by atoms with E-state index in [9.17, 15) is 0 Å². The zero-order valence-corrected chi connectivity index (χ0v) is 11.9. The van der Waals surface area contributed by atoms with Crippen molar-refractivity contribution in [2.75, 3.05) is 14.2 Å². The maximum atomic E-state index is 5.56. The predicted molar refractivity (Wildman–Crippen MR) is 69.9 cm³/mol. The van der Waals surface area contributed by atoms with Gasteiger partial charge in [0.2, 0.25) is 0 Å². The molecule has 0 aromatic heterocycles. The van der Waals surface area contributed by atoms with Crippen molar-refractivity contribution in [3.63, 3.8) is 0 Å². The van der Waals surface area contributed by atoms with Crippen molar-refractivity contribution in [1.29, 1.82) is 0 Å². The van der Waals surface area contributed by atoms with Crippen LogP contribution in [0.2, 0.25) is 12.6 Å². The Bertz CT molecular complexity index is 318. The van der Waals surface area contributed by atoms with Crippen LogP contribution < -0.4 is 0 Å². The summed E-state index contributed by atoms with van der Waals surface area (Å²) in [5.41, 5.74) is 1.43. The van der Waals surface area contributed by atoms with Crippen LogP contribution in [0.25, 0.3) is 0 Å². The quantitative estimate of drug-likeness (QED) is 0.733. The lowest BCUT2D eigenvalue weighted by Gasteiger charge is -2.33. The van der Waals surface area contributed by atoms with E-state index >= 15 is 0 Å². The third-order valence-electron chi connectivity index (χ3n) is 3.18. The highest BCUT2D eigenvalue weighted by Gasteiger charge is 2.37. The Hall–Kier alpha value is -0.643. The smallest absolute Gasteiger partial charge is 0.335 e. The molecule has 0 amide bonds. The van der Waals surface area contributed by atoms with Crippen molar-refractivity contribution in [3.05, 3.63) is 35.9 Å². The van der Waals surface area contributed by atoms with Crippen LogP contribution in [-0.2, 0) is 14.3 Å². The molecule has 1 rings (SSSR count). The highest BCUT2D eigenvalue weighted by Crippen LogP contribution is 2.32. The fourth-order valence-corrected chi connectivity index (χ4v) is 4.29. The molecule has 1 aromatic rings. The minimum absolute atomic E-state index is 0.0915. The Kier molecular flexibility index (Phi) is 4.30. The molecule has 90 valence electrons. The molecule has 0 aliphatic rings. The third-order valence-corrected chi connectivity index (χ3v) is 6.44. The monoisotopic (exact) mass is 238 g/mol. The highest BCUT2D eigenvalue weighted by atomic mass is 28.4. The van der Waals surface area contributed by atoms with E-state index in [1.807, 2.05) is 6.07 Å². The van der Waals surface area contributed by atoms with E-state index in [1.54, 1.807) is 14.2 Å². The van der Waals surface area contributed by atoms with Gasteiger partial charge < -0.3 is 8.85 Å². The van der Waals surface area contributed by atoms with Gasteiger partial charge in [-0.2, -0.15) is 0 Å². The first-order valence-corrected chi connectivity index (χ1v) is 8.12. The minimum atomic E-state index is -2.02. The first-order valence-electron chi connectivity index (χ1n) is 5.59. The summed E-state index contributed by atoms with van der Waals surface area (Å²) < 4.78 is 11.1. The molecule has 0 unspecified atom stereocenters. The van der Waals surface area contributed by atoms with Crippen LogP contribution in [0.1, 0.15) is 19.4 Å². The predicted octanol–water partition coefficient (Wildman–Crippen LogP) is 3.33. The number of hydrogen-bond donors (Lipinski definition) is 0. The molecule has 0 radical (unpaired) electrons. The molecule has 2 nitrogen and oxygen atoms in total. The molecule has 16 heavy (non-hydrogen) atoms. The Labute approximate surface area is 99.8 Å². The van der Waals surface area contributed by atoms with Crippen molar-refractivity contribution in [2.45, 2.75) is 31.9 Å². The molecule has 0 fully saturated rings. The Morgan fingerprint density at radius 1 is 1.06 bits per heavy atom. The summed E-state index contributed by atoms with van der Waals surface area (Å²) >= 11 is 0. The average Bonchev–Trinajstić information content (AvgIpc) is 2.29. The lowest BCUT2D eigenvalue weighted by Crippen LogP contribution is -2.42. The van der Waals surface area contributed by atoms with Gasteiger partial charge in [0.05, 0.1) is 0 Å². The standard InChI is InChI=1S/C13H22O2Si/c1-13(2,11-16(5,14-3)15-4)12-9-7-6-8-10-12/h6-10H,11H2,1-5H3. The molecule has 0 N–H and O–H groups in total. The number of rotatable bonds is 5. The largest absolute Gasteiger partial charge is 0.398 e. The third kappa shape index (κ3) is 3.17. The fourth-order valence-electron chi connectivity index (χ4n) is 2.02. The SMILES string of the molecule is CO[Si](C)(CC(C)(C)c1ccccc1)OC. The van der Waals surface area contributed by atoms with Gasteiger partial charge in [0.15, 0.2) is 0 Å². The Morgan fingerprint density at radius 2 is 1.56 bits per heavy atom.